The summed E-state index contributed by atoms with van der Waals surface area (Å²) >= 11 is 0. The van der Waals surface area contributed by atoms with E-state index >= 15 is 4.39 Å². The third-order valence-electron chi connectivity index (χ3n) is 6.84. The normalized spacial score (nSPS) is 14.8. The van der Waals surface area contributed by atoms with Gasteiger partial charge in [0.05, 0.1) is 16.6 Å². The van der Waals surface area contributed by atoms with Crippen LogP contribution in [-0.4, -0.2) is 32.7 Å². The van der Waals surface area contributed by atoms with E-state index in [2.05, 4.69) is 15.3 Å². The van der Waals surface area contributed by atoms with Gasteiger partial charge in [-0.1, -0.05) is 30.3 Å². The third kappa shape index (κ3) is 5.61. The van der Waals surface area contributed by atoms with Gasteiger partial charge in [0.2, 0.25) is 0 Å². The molecule has 0 unspecified atom stereocenters. The largest absolute Gasteiger partial charge is 0.488 e. The maximum absolute atomic E-state index is 15.1. The second-order valence-corrected chi connectivity index (χ2v) is 10.4. The Morgan fingerprint density at radius 2 is 1.82 bits per heavy atom. The van der Waals surface area contributed by atoms with Gasteiger partial charge in [-0.25, -0.2) is 9.37 Å². The molecule has 4 aromatic rings. The van der Waals surface area contributed by atoms with Crippen molar-refractivity contribution in [3.63, 3.8) is 0 Å². The topological polar surface area (TPSA) is 87.2 Å². The summed E-state index contributed by atoms with van der Waals surface area (Å²) in [5, 5.41) is 12.7. The molecule has 10 heteroatoms. The van der Waals surface area contributed by atoms with E-state index in [4.69, 9.17) is 4.74 Å². The summed E-state index contributed by atoms with van der Waals surface area (Å²) in [6.07, 6.45) is -4.76. The third-order valence-corrected chi connectivity index (χ3v) is 6.84. The van der Waals surface area contributed by atoms with E-state index in [1.54, 1.807) is 19.9 Å². The molecule has 1 heterocycles. The average molecular weight is 542 g/mol. The SMILES string of the molecule is CC(C)(O)c1cc(F)c(Cc2nc3cc(C(=O)NC4(C(F)(F)F)CC4)ccc3[nH]2)cc1OCc1ccccc1. The van der Waals surface area contributed by atoms with Crippen molar-refractivity contribution in [3.8, 4) is 5.75 Å². The Morgan fingerprint density at radius 1 is 1.10 bits per heavy atom. The number of fused-ring (bicyclic) bond motifs is 1. The fourth-order valence-corrected chi connectivity index (χ4v) is 4.42. The van der Waals surface area contributed by atoms with E-state index in [-0.39, 0.29) is 37.0 Å². The second kappa shape index (κ2) is 9.68. The summed E-state index contributed by atoms with van der Waals surface area (Å²) in [6, 6.07) is 16.6. The first-order valence-electron chi connectivity index (χ1n) is 12.4. The Bertz CT molecular complexity index is 1520. The van der Waals surface area contributed by atoms with Crippen LogP contribution in [0.1, 0.15) is 59.6 Å². The Hall–Kier alpha value is -3.92. The predicted molar refractivity (Wildman–Crippen MR) is 137 cm³/mol. The van der Waals surface area contributed by atoms with Gasteiger partial charge in [0.15, 0.2) is 0 Å². The lowest BCUT2D eigenvalue weighted by Gasteiger charge is -2.23. The van der Waals surface area contributed by atoms with Gasteiger partial charge in [0, 0.05) is 17.5 Å². The second-order valence-electron chi connectivity index (χ2n) is 10.4. The number of nitrogens with zero attached hydrogens (tertiary/aromatic N) is 1. The number of amides is 1. The van der Waals surface area contributed by atoms with Crippen LogP contribution in [0.2, 0.25) is 0 Å². The lowest BCUT2D eigenvalue weighted by atomic mass is 9.94. The number of halogens is 4. The molecule has 1 amide bonds. The van der Waals surface area contributed by atoms with Crippen LogP contribution in [0.4, 0.5) is 17.6 Å². The molecule has 0 radical (unpaired) electrons. The van der Waals surface area contributed by atoms with Gasteiger partial charge in [-0.05, 0) is 68.1 Å². The quantitative estimate of drug-likeness (QED) is 0.242. The maximum Gasteiger partial charge on any atom is 0.411 e. The number of aliphatic hydroxyl groups is 1. The number of hydrogen-bond acceptors (Lipinski definition) is 4. The number of carbonyl (C=O) groups excluding carboxylic acids is 1. The van der Waals surface area contributed by atoms with Crippen molar-refractivity contribution in [2.24, 2.45) is 0 Å². The van der Waals surface area contributed by atoms with Gasteiger partial charge in [0.25, 0.3) is 5.91 Å². The van der Waals surface area contributed by atoms with Gasteiger partial charge in [-0.2, -0.15) is 13.2 Å². The standard InChI is InChI=1S/C29H27F4N3O3/c1-27(2,38)20-15-21(30)19(13-24(20)39-16-17-6-4-3-5-7-17)14-25-34-22-9-8-18(12-23(22)35-25)26(37)36-28(10-11-28)29(31,32)33/h3-9,12-13,15,38H,10-11,14,16H2,1-2H3,(H,34,35)(H,36,37). The molecule has 1 aliphatic carbocycles. The van der Waals surface area contributed by atoms with E-state index in [1.165, 1.54) is 24.3 Å². The Labute approximate surface area is 222 Å². The molecule has 1 fully saturated rings. The van der Waals surface area contributed by atoms with Crippen LogP contribution in [0, 0.1) is 5.82 Å². The number of hydrogen-bond donors (Lipinski definition) is 3. The lowest BCUT2D eigenvalue weighted by Crippen LogP contribution is -2.47. The number of aromatic amines is 1. The van der Waals surface area contributed by atoms with Crippen molar-refractivity contribution >= 4 is 16.9 Å². The predicted octanol–water partition coefficient (Wildman–Crippen LogP) is 5.92. The number of rotatable bonds is 8. The molecule has 5 rings (SSSR count). The van der Waals surface area contributed by atoms with Crippen molar-refractivity contribution in [2.45, 2.75) is 57.0 Å². The zero-order valence-electron chi connectivity index (χ0n) is 21.3. The minimum absolute atomic E-state index is 0.0487. The van der Waals surface area contributed by atoms with Crippen molar-refractivity contribution in [2.75, 3.05) is 0 Å². The highest BCUT2D eigenvalue weighted by atomic mass is 19.4. The fourth-order valence-electron chi connectivity index (χ4n) is 4.42. The average Bonchev–Trinajstić information content (AvgIpc) is 3.55. The molecule has 0 atom stereocenters. The molecule has 204 valence electrons. The molecule has 0 aliphatic heterocycles. The maximum atomic E-state index is 15.1. The van der Waals surface area contributed by atoms with Crippen LogP contribution >= 0.6 is 0 Å². The van der Waals surface area contributed by atoms with Crippen LogP contribution < -0.4 is 10.1 Å². The molecule has 39 heavy (non-hydrogen) atoms. The summed E-state index contributed by atoms with van der Waals surface area (Å²) in [5.41, 5.74) is -1.08. The summed E-state index contributed by atoms with van der Waals surface area (Å²) < 4.78 is 60.8. The van der Waals surface area contributed by atoms with Crippen molar-refractivity contribution in [1.29, 1.82) is 0 Å². The van der Waals surface area contributed by atoms with Gasteiger partial charge < -0.3 is 20.1 Å². The molecule has 3 N–H and O–H groups in total. The molecule has 1 aromatic heterocycles. The summed E-state index contributed by atoms with van der Waals surface area (Å²) in [6.45, 7) is 3.31. The van der Waals surface area contributed by atoms with Crippen LogP contribution in [0.15, 0.2) is 60.7 Å². The Morgan fingerprint density at radius 3 is 2.46 bits per heavy atom. The first kappa shape index (κ1) is 26.7. The van der Waals surface area contributed by atoms with E-state index in [0.717, 1.165) is 5.56 Å². The molecule has 0 bridgehead atoms. The highest BCUT2D eigenvalue weighted by Crippen LogP contribution is 2.49. The van der Waals surface area contributed by atoms with Gasteiger partial charge in [0.1, 0.15) is 29.5 Å². The minimum atomic E-state index is -4.51. The monoisotopic (exact) mass is 541 g/mol. The Kier molecular flexibility index (Phi) is 6.62. The van der Waals surface area contributed by atoms with Crippen molar-refractivity contribution < 1.29 is 32.2 Å². The van der Waals surface area contributed by atoms with Gasteiger partial charge in [-0.3, -0.25) is 4.79 Å². The first-order valence-corrected chi connectivity index (χ1v) is 12.4. The highest BCUT2D eigenvalue weighted by molar-refractivity contribution is 5.98. The van der Waals surface area contributed by atoms with E-state index in [1.807, 2.05) is 30.3 Å². The molecule has 1 aliphatic rings. The number of H-pyrrole nitrogens is 1. The van der Waals surface area contributed by atoms with E-state index in [0.29, 0.717) is 28.2 Å². The van der Waals surface area contributed by atoms with Gasteiger partial charge in [-0.15, -0.1) is 0 Å². The highest BCUT2D eigenvalue weighted by Gasteiger charge is 2.64. The van der Waals surface area contributed by atoms with Crippen LogP contribution in [-0.2, 0) is 18.6 Å². The van der Waals surface area contributed by atoms with Crippen molar-refractivity contribution in [1.82, 2.24) is 15.3 Å². The van der Waals surface area contributed by atoms with Crippen LogP contribution in [0.5, 0.6) is 5.75 Å². The summed E-state index contributed by atoms with van der Waals surface area (Å²) in [5.74, 6) is -0.664. The van der Waals surface area contributed by atoms with E-state index < -0.39 is 29.0 Å². The zero-order chi connectivity index (χ0) is 28.0. The fraction of sp³-hybridized carbons (Fsp3) is 0.310. The molecular weight excluding hydrogens is 514 g/mol. The summed E-state index contributed by atoms with van der Waals surface area (Å²) in [7, 11) is 0. The molecule has 1 saturated carbocycles. The number of aromatic nitrogens is 2. The first-order chi connectivity index (χ1) is 18.3. The van der Waals surface area contributed by atoms with Crippen molar-refractivity contribution in [3.05, 3.63) is 94.6 Å². The van der Waals surface area contributed by atoms with Gasteiger partial charge >= 0.3 is 6.18 Å². The molecular formula is C29H27F4N3O3. The lowest BCUT2D eigenvalue weighted by molar-refractivity contribution is -0.163. The molecule has 6 nitrogen and oxygen atoms in total. The minimum Gasteiger partial charge on any atom is -0.488 e. The number of ether oxygens (including phenoxy) is 1. The molecule has 3 aromatic carbocycles. The van der Waals surface area contributed by atoms with Crippen LogP contribution in [0.25, 0.3) is 11.0 Å². The van der Waals surface area contributed by atoms with E-state index in [9.17, 15) is 23.1 Å². The number of nitrogens with one attached hydrogen (secondary N) is 2. The number of imidazole rings is 1. The number of benzene rings is 3. The molecule has 0 spiro atoms. The Balaban J connectivity index is 1.38. The zero-order valence-corrected chi connectivity index (χ0v) is 21.3. The van der Waals surface area contributed by atoms with Crippen LogP contribution in [0.3, 0.4) is 0 Å². The summed E-state index contributed by atoms with van der Waals surface area (Å²) in [4.78, 5) is 20.0. The number of carbonyl (C=O) groups is 1. The number of alkyl halides is 3. The molecule has 0 saturated heterocycles. The smallest absolute Gasteiger partial charge is 0.411 e.